The van der Waals surface area contributed by atoms with Crippen LogP contribution in [0.5, 0.6) is 0 Å². The highest BCUT2D eigenvalue weighted by Gasteiger charge is 2.15. The van der Waals surface area contributed by atoms with Crippen molar-refractivity contribution >= 4 is 29.1 Å². The first-order valence-corrected chi connectivity index (χ1v) is 10.5. The van der Waals surface area contributed by atoms with Crippen molar-refractivity contribution < 1.29 is 4.79 Å². The molecular weight excluding hydrogens is 358 g/mol. The molecule has 0 saturated heterocycles. The van der Waals surface area contributed by atoms with Crippen LogP contribution >= 0.6 is 11.8 Å². The number of thioether (sulfide) groups is 1. The van der Waals surface area contributed by atoms with Crippen LogP contribution in [-0.2, 0) is 24.1 Å². The van der Waals surface area contributed by atoms with Gasteiger partial charge in [0.25, 0.3) is 5.78 Å². The number of benzene rings is 1. The monoisotopic (exact) mass is 381 g/mol. The van der Waals surface area contributed by atoms with Gasteiger partial charge in [-0.2, -0.15) is 4.98 Å². The molecule has 3 aromatic rings. The van der Waals surface area contributed by atoms with Crippen molar-refractivity contribution in [2.45, 2.75) is 51.1 Å². The largest absolute Gasteiger partial charge is 0.326 e. The number of carbonyl (C=O) groups excluding carboxylic acids is 1. The van der Waals surface area contributed by atoms with Gasteiger partial charge in [0.2, 0.25) is 11.1 Å². The summed E-state index contributed by atoms with van der Waals surface area (Å²) in [5, 5.41) is 8.20. The summed E-state index contributed by atoms with van der Waals surface area (Å²) in [6, 6.07) is 6.26. The molecule has 27 heavy (non-hydrogen) atoms. The predicted octanol–water partition coefficient (Wildman–Crippen LogP) is 3.52. The number of nitrogens with zero attached hydrogens (tertiary/aromatic N) is 4. The summed E-state index contributed by atoms with van der Waals surface area (Å²) in [7, 11) is 0. The summed E-state index contributed by atoms with van der Waals surface area (Å²) in [5.74, 6) is 0.635. The Hall–Kier alpha value is -2.41. The Morgan fingerprint density at radius 3 is 2.85 bits per heavy atom. The molecule has 0 fully saturated rings. The normalized spacial score (nSPS) is 13.1. The minimum atomic E-state index is 0.0234. The Balaban J connectivity index is 1.47. The second-order valence-corrected chi connectivity index (χ2v) is 7.73. The molecule has 0 saturated carbocycles. The fourth-order valence-electron chi connectivity index (χ4n) is 3.75. The summed E-state index contributed by atoms with van der Waals surface area (Å²) < 4.78 is 1.77. The van der Waals surface area contributed by atoms with Gasteiger partial charge in [-0.3, -0.25) is 4.79 Å². The van der Waals surface area contributed by atoms with E-state index >= 15 is 0 Å². The number of aromatic nitrogens is 4. The first kappa shape index (κ1) is 18.0. The Morgan fingerprint density at radius 1 is 1.22 bits per heavy atom. The molecular formula is C20H23N5OS. The summed E-state index contributed by atoms with van der Waals surface area (Å²) in [4.78, 5) is 21.4. The van der Waals surface area contributed by atoms with Gasteiger partial charge in [0.15, 0.2) is 0 Å². The maximum absolute atomic E-state index is 12.5. The zero-order valence-electron chi connectivity index (χ0n) is 15.9. The molecule has 1 aliphatic rings. The fraction of sp³-hybridized carbons (Fsp3) is 0.400. The molecule has 1 aromatic carbocycles. The van der Waals surface area contributed by atoms with E-state index in [0.29, 0.717) is 23.8 Å². The first-order valence-electron chi connectivity index (χ1n) is 9.23. The SMILES string of the molecule is CSc1nc2nc(C)c(CCC(=O)Nc3ccc4c(c3)CCC4)c(C)n2n1. The molecule has 2 heterocycles. The molecule has 7 heteroatoms. The van der Waals surface area contributed by atoms with Gasteiger partial charge in [-0.25, -0.2) is 9.50 Å². The number of amides is 1. The van der Waals surface area contributed by atoms with Crippen LogP contribution in [-0.4, -0.2) is 31.7 Å². The minimum absolute atomic E-state index is 0.0234. The third-order valence-corrected chi connectivity index (χ3v) is 5.73. The molecule has 0 radical (unpaired) electrons. The van der Waals surface area contributed by atoms with Crippen LogP contribution in [0.25, 0.3) is 5.78 Å². The molecule has 0 atom stereocenters. The van der Waals surface area contributed by atoms with Gasteiger partial charge in [-0.1, -0.05) is 17.8 Å². The number of anilines is 1. The molecule has 1 N–H and O–H groups in total. The van der Waals surface area contributed by atoms with Gasteiger partial charge < -0.3 is 5.32 Å². The van der Waals surface area contributed by atoms with Crippen molar-refractivity contribution in [3.8, 4) is 0 Å². The van der Waals surface area contributed by atoms with Gasteiger partial charge >= 0.3 is 0 Å². The highest BCUT2D eigenvalue weighted by Crippen LogP contribution is 2.25. The van der Waals surface area contributed by atoms with Crippen LogP contribution in [0.2, 0.25) is 0 Å². The Morgan fingerprint density at radius 2 is 2.04 bits per heavy atom. The number of nitrogens with one attached hydrogen (secondary N) is 1. The van der Waals surface area contributed by atoms with E-state index in [9.17, 15) is 4.79 Å². The molecule has 2 aromatic heterocycles. The van der Waals surface area contributed by atoms with Crippen LogP contribution in [0.1, 0.15) is 40.9 Å². The molecule has 6 nitrogen and oxygen atoms in total. The Labute approximate surface area is 162 Å². The van der Waals surface area contributed by atoms with E-state index in [1.807, 2.05) is 26.2 Å². The van der Waals surface area contributed by atoms with E-state index in [-0.39, 0.29) is 5.91 Å². The number of carbonyl (C=O) groups is 1. The number of rotatable bonds is 5. The topological polar surface area (TPSA) is 72.2 Å². The average molecular weight is 382 g/mol. The maximum atomic E-state index is 12.5. The van der Waals surface area contributed by atoms with Gasteiger partial charge in [0.05, 0.1) is 0 Å². The average Bonchev–Trinajstić information content (AvgIpc) is 3.27. The van der Waals surface area contributed by atoms with Crippen LogP contribution in [0.4, 0.5) is 5.69 Å². The van der Waals surface area contributed by atoms with Crippen molar-refractivity contribution in [2.75, 3.05) is 11.6 Å². The molecule has 0 spiro atoms. The van der Waals surface area contributed by atoms with Gasteiger partial charge in [-0.15, -0.1) is 5.10 Å². The first-order chi connectivity index (χ1) is 13.0. The lowest BCUT2D eigenvalue weighted by Crippen LogP contribution is -2.14. The standard InChI is InChI=1S/C20H23N5OS/c1-12-17(13(2)25-19(21-12)23-20(24-25)27-3)9-10-18(26)22-16-8-7-14-5-4-6-15(14)11-16/h7-8,11H,4-6,9-10H2,1-3H3,(H,22,26). The lowest BCUT2D eigenvalue weighted by molar-refractivity contribution is -0.116. The molecule has 140 valence electrons. The lowest BCUT2D eigenvalue weighted by atomic mass is 10.1. The van der Waals surface area contributed by atoms with Crippen LogP contribution < -0.4 is 5.32 Å². The van der Waals surface area contributed by atoms with Crippen LogP contribution in [0.15, 0.2) is 23.4 Å². The van der Waals surface area contributed by atoms with E-state index in [2.05, 4.69) is 32.5 Å². The van der Waals surface area contributed by atoms with Crippen molar-refractivity contribution in [3.63, 3.8) is 0 Å². The second-order valence-electron chi connectivity index (χ2n) is 6.96. The molecule has 0 unspecified atom stereocenters. The zero-order valence-corrected chi connectivity index (χ0v) is 16.7. The van der Waals surface area contributed by atoms with Crippen molar-refractivity contribution in [1.29, 1.82) is 0 Å². The van der Waals surface area contributed by atoms with Crippen molar-refractivity contribution in [2.24, 2.45) is 0 Å². The van der Waals surface area contributed by atoms with E-state index in [4.69, 9.17) is 0 Å². The zero-order chi connectivity index (χ0) is 19.0. The maximum Gasteiger partial charge on any atom is 0.253 e. The summed E-state index contributed by atoms with van der Waals surface area (Å²) in [5.41, 5.74) is 6.63. The number of hydrogen-bond donors (Lipinski definition) is 1. The predicted molar refractivity (Wildman–Crippen MR) is 107 cm³/mol. The highest BCUT2D eigenvalue weighted by molar-refractivity contribution is 7.98. The summed E-state index contributed by atoms with van der Waals surface area (Å²) in [6.07, 6.45) is 6.46. The van der Waals surface area contributed by atoms with E-state index in [1.54, 1.807) is 4.52 Å². The van der Waals surface area contributed by atoms with Gasteiger partial charge in [-0.05, 0) is 74.6 Å². The smallest absolute Gasteiger partial charge is 0.253 e. The molecule has 4 rings (SSSR count). The Kier molecular flexibility index (Phi) is 4.86. The molecule has 0 bridgehead atoms. The second kappa shape index (κ2) is 7.31. The van der Waals surface area contributed by atoms with Crippen LogP contribution in [0, 0.1) is 13.8 Å². The molecule has 1 aliphatic carbocycles. The Bertz CT molecular complexity index is 1030. The minimum Gasteiger partial charge on any atom is -0.326 e. The summed E-state index contributed by atoms with van der Waals surface area (Å²) in [6.45, 7) is 3.97. The van der Waals surface area contributed by atoms with E-state index in [0.717, 1.165) is 35.5 Å². The van der Waals surface area contributed by atoms with Crippen molar-refractivity contribution in [3.05, 3.63) is 46.3 Å². The van der Waals surface area contributed by atoms with E-state index < -0.39 is 0 Å². The highest BCUT2D eigenvalue weighted by atomic mass is 32.2. The molecule has 0 aliphatic heterocycles. The van der Waals surface area contributed by atoms with Gasteiger partial charge in [0.1, 0.15) is 0 Å². The van der Waals surface area contributed by atoms with Crippen molar-refractivity contribution in [1.82, 2.24) is 19.6 Å². The quantitative estimate of drug-likeness (QED) is 0.685. The fourth-order valence-corrected chi connectivity index (χ4v) is 4.09. The van der Waals surface area contributed by atoms with Gasteiger partial charge in [0, 0.05) is 23.5 Å². The number of hydrogen-bond acceptors (Lipinski definition) is 5. The summed E-state index contributed by atoms with van der Waals surface area (Å²) >= 11 is 1.50. The third kappa shape index (κ3) is 3.56. The number of fused-ring (bicyclic) bond motifs is 2. The van der Waals surface area contributed by atoms with E-state index in [1.165, 1.54) is 29.3 Å². The lowest BCUT2D eigenvalue weighted by Gasteiger charge is -2.11. The molecule has 1 amide bonds. The van der Waals surface area contributed by atoms with Crippen LogP contribution in [0.3, 0.4) is 0 Å². The third-order valence-electron chi connectivity index (χ3n) is 5.20. The number of aryl methyl sites for hydroxylation is 4.